The molecule has 1 rings (SSSR count). The molecule has 18 heavy (non-hydrogen) atoms. The molecule has 0 fully saturated rings. The molecule has 2 N–H and O–H groups in total. The minimum Gasteiger partial charge on any atom is -0.397 e. The smallest absolute Gasteiger partial charge is 0.243 e. The van der Waals surface area contributed by atoms with Gasteiger partial charge in [0.2, 0.25) is 10.0 Å². The van der Waals surface area contributed by atoms with Crippen molar-refractivity contribution >= 4 is 27.3 Å². The molecule has 0 saturated carbocycles. The maximum absolute atomic E-state index is 12.4. The van der Waals surface area contributed by atoms with Gasteiger partial charge in [-0.1, -0.05) is 24.6 Å². The molecule has 6 heteroatoms. The van der Waals surface area contributed by atoms with Crippen molar-refractivity contribution in [1.82, 2.24) is 4.31 Å². The summed E-state index contributed by atoms with van der Waals surface area (Å²) in [6.07, 6.45) is 1.55. The summed E-state index contributed by atoms with van der Waals surface area (Å²) in [6, 6.07) is 2.96. The number of nitrogen functional groups attached to an aromatic ring is 1. The molecule has 0 aliphatic rings. The van der Waals surface area contributed by atoms with Crippen LogP contribution in [0, 0.1) is 6.92 Å². The van der Waals surface area contributed by atoms with Gasteiger partial charge in [-0.25, -0.2) is 8.42 Å². The van der Waals surface area contributed by atoms with E-state index in [-0.39, 0.29) is 17.1 Å². The number of nitrogens with two attached hydrogens (primary N) is 1. The van der Waals surface area contributed by atoms with Crippen LogP contribution < -0.4 is 5.73 Å². The van der Waals surface area contributed by atoms with Gasteiger partial charge in [0.25, 0.3) is 0 Å². The van der Waals surface area contributed by atoms with Gasteiger partial charge in [-0.2, -0.15) is 4.31 Å². The Bertz CT molecular complexity index is 555. The number of halogens is 1. The number of likely N-dealkylation sites (N-methyl/N-ethyl adjacent to an activating group) is 1. The predicted molar refractivity (Wildman–Crippen MR) is 75.2 cm³/mol. The zero-order chi connectivity index (χ0) is 13.9. The van der Waals surface area contributed by atoms with E-state index in [1.165, 1.54) is 10.4 Å². The Morgan fingerprint density at radius 3 is 2.61 bits per heavy atom. The van der Waals surface area contributed by atoms with Crippen LogP contribution in [0.1, 0.15) is 12.5 Å². The quantitative estimate of drug-likeness (QED) is 0.668. The number of hydrogen-bond donors (Lipinski definition) is 1. The maximum Gasteiger partial charge on any atom is 0.243 e. The van der Waals surface area contributed by atoms with Gasteiger partial charge in [-0.15, -0.1) is 6.58 Å². The van der Waals surface area contributed by atoms with E-state index >= 15 is 0 Å². The summed E-state index contributed by atoms with van der Waals surface area (Å²) in [6.45, 7) is 7.66. The lowest BCUT2D eigenvalue weighted by Crippen LogP contribution is -2.31. The Hall–Kier alpha value is -1.04. The van der Waals surface area contributed by atoms with Gasteiger partial charge < -0.3 is 5.73 Å². The summed E-state index contributed by atoms with van der Waals surface area (Å²) in [5, 5.41) is 0.359. The third kappa shape index (κ3) is 2.85. The van der Waals surface area contributed by atoms with Crippen LogP contribution in [0.4, 0.5) is 5.69 Å². The van der Waals surface area contributed by atoms with Gasteiger partial charge in [0.15, 0.2) is 0 Å². The second-order valence-corrected chi connectivity index (χ2v) is 6.20. The third-order valence-electron chi connectivity index (χ3n) is 2.60. The molecule has 4 nitrogen and oxygen atoms in total. The molecule has 1 aromatic carbocycles. The molecule has 0 radical (unpaired) electrons. The number of aryl methyl sites for hydroxylation is 1. The molecule has 0 aliphatic heterocycles. The second kappa shape index (κ2) is 5.73. The first-order valence-corrected chi connectivity index (χ1v) is 7.33. The molecule has 0 heterocycles. The van der Waals surface area contributed by atoms with Gasteiger partial charge in [0.05, 0.1) is 15.6 Å². The number of nitrogens with zero attached hydrogens (tertiary/aromatic N) is 1. The molecule has 0 aromatic heterocycles. The zero-order valence-corrected chi connectivity index (χ0v) is 12.1. The van der Waals surface area contributed by atoms with Gasteiger partial charge in [0, 0.05) is 13.1 Å². The van der Waals surface area contributed by atoms with Crippen LogP contribution in [0.25, 0.3) is 0 Å². The lowest BCUT2D eigenvalue weighted by molar-refractivity contribution is 0.459. The van der Waals surface area contributed by atoms with Crippen LogP contribution in [-0.4, -0.2) is 25.8 Å². The minimum absolute atomic E-state index is 0.188. The highest BCUT2D eigenvalue weighted by Crippen LogP contribution is 2.28. The number of anilines is 1. The summed E-state index contributed by atoms with van der Waals surface area (Å²) >= 11 is 5.86. The lowest BCUT2D eigenvalue weighted by atomic mass is 10.2. The number of rotatable bonds is 5. The first-order chi connectivity index (χ1) is 8.34. The largest absolute Gasteiger partial charge is 0.397 e. The molecule has 0 saturated heterocycles. The van der Waals surface area contributed by atoms with Crippen molar-refractivity contribution in [3.05, 3.63) is 35.4 Å². The average molecular weight is 289 g/mol. The summed E-state index contributed by atoms with van der Waals surface area (Å²) in [5.74, 6) is 0. The molecular formula is C12H17ClN2O2S. The fraction of sp³-hybridized carbons (Fsp3) is 0.333. The van der Waals surface area contributed by atoms with Crippen molar-refractivity contribution in [2.24, 2.45) is 0 Å². The summed E-state index contributed by atoms with van der Waals surface area (Å²) in [4.78, 5) is 0.188. The Kier molecular flexibility index (Phi) is 4.78. The van der Waals surface area contributed by atoms with Crippen LogP contribution in [0.5, 0.6) is 0 Å². The van der Waals surface area contributed by atoms with E-state index in [0.717, 1.165) is 0 Å². The fourth-order valence-electron chi connectivity index (χ4n) is 1.63. The van der Waals surface area contributed by atoms with E-state index in [2.05, 4.69) is 6.58 Å². The van der Waals surface area contributed by atoms with E-state index in [0.29, 0.717) is 17.1 Å². The standard InChI is InChI=1S/C12H17ClN2O2S/c1-4-6-15(5-2)18(16,17)12-8-11(14)10(13)7-9(12)3/h4,7-8H,1,5-6,14H2,2-3H3. The number of benzene rings is 1. The topological polar surface area (TPSA) is 63.4 Å². The fourth-order valence-corrected chi connectivity index (χ4v) is 3.51. The first-order valence-electron chi connectivity index (χ1n) is 5.51. The highest BCUT2D eigenvalue weighted by molar-refractivity contribution is 7.89. The zero-order valence-electron chi connectivity index (χ0n) is 10.5. The normalized spacial score (nSPS) is 11.8. The average Bonchev–Trinajstić information content (AvgIpc) is 2.30. The maximum atomic E-state index is 12.4. The van der Waals surface area contributed by atoms with Crippen molar-refractivity contribution in [3.63, 3.8) is 0 Å². The van der Waals surface area contributed by atoms with Crippen molar-refractivity contribution in [1.29, 1.82) is 0 Å². The van der Waals surface area contributed by atoms with E-state index < -0.39 is 10.0 Å². The highest BCUT2D eigenvalue weighted by Gasteiger charge is 2.24. The van der Waals surface area contributed by atoms with Crippen molar-refractivity contribution < 1.29 is 8.42 Å². The Morgan fingerprint density at radius 1 is 1.50 bits per heavy atom. The van der Waals surface area contributed by atoms with E-state index in [9.17, 15) is 8.42 Å². The predicted octanol–water partition coefficient (Wildman–Crippen LogP) is 2.43. The SMILES string of the molecule is C=CCN(CC)S(=O)(=O)c1cc(N)c(Cl)cc1C. The van der Waals surface area contributed by atoms with Crippen molar-refractivity contribution in [2.45, 2.75) is 18.7 Å². The van der Waals surface area contributed by atoms with Crippen LogP contribution >= 0.6 is 11.6 Å². The monoisotopic (exact) mass is 288 g/mol. The van der Waals surface area contributed by atoms with E-state index in [1.54, 1.807) is 26.0 Å². The molecule has 0 spiro atoms. The molecule has 0 atom stereocenters. The molecule has 0 unspecified atom stereocenters. The van der Waals surface area contributed by atoms with Gasteiger partial charge in [0.1, 0.15) is 0 Å². The molecule has 0 bridgehead atoms. The van der Waals surface area contributed by atoms with Crippen LogP contribution in [0.2, 0.25) is 5.02 Å². The highest BCUT2D eigenvalue weighted by atomic mass is 35.5. The molecule has 1 aromatic rings. The van der Waals surface area contributed by atoms with E-state index in [1.807, 2.05) is 0 Å². The first kappa shape index (κ1) is 15.0. The Balaban J connectivity index is 3.36. The van der Waals surface area contributed by atoms with Gasteiger partial charge >= 0.3 is 0 Å². The minimum atomic E-state index is -3.56. The molecule has 0 amide bonds. The number of hydrogen-bond acceptors (Lipinski definition) is 3. The second-order valence-electron chi connectivity index (χ2n) is 3.88. The Labute approximate surface area is 113 Å². The molecule has 100 valence electrons. The summed E-state index contributed by atoms with van der Waals surface area (Å²) in [5.41, 5.74) is 6.51. The summed E-state index contributed by atoms with van der Waals surface area (Å²) in [7, 11) is -3.56. The molecular weight excluding hydrogens is 272 g/mol. The van der Waals surface area contributed by atoms with Crippen LogP contribution in [-0.2, 0) is 10.0 Å². The van der Waals surface area contributed by atoms with Crippen molar-refractivity contribution in [3.8, 4) is 0 Å². The van der Waals surface area contributed by atoms with Gasteiger partial charge in [-0.3, -0.25) is 0 Å². The van der Waals surface area contributed by atoms with Crippen molar-refractivity contribution in [2.75, 3.05) is 18.8 Å². The van der Waals surface area contributed by atoms with Crippen LogP contribution in [0.15, 0.2) is 29.7 Å². The number of sulfonamides is 1. The lowest BCUT2D eigenvalue weighted by Gasteiger charge is -2.20. The Morgan fingerprint density at radius 2 is 2.11 bits per heavy atom. The molecule has 0 aliphatic carbocycles. The summed E-state index contributed by atoms with van der Waals surface area (Å²) < 4.78 is 26.2. The van der Waals surface area contributed by atoms with E-state index in [4.69, 9.17) is 17.3 Å². The van der Waals surface area contributed by atoms with Gasteiger partial charge in [-0.05, 0) is 24.6 Å². The van der Waals surface area contributed by atoms with Crippen LogP contribution in [0.3, 0.4) is 0 Å². The third-order valence-corrected chi connectivity index (χ3v) is 5.01.